The minimum atomic E-state index is -0.307. The molecule has 1 saturated heterocycles. The first-order chi connectivity index (χ1) is 12.7. The summed E-state index contributed by atoms with van der Waals surface area (Å²) >= 11 is 1.55. The van der Waals surface area contributed by atoms with Crippen LogP contribution in [0.25, 0.3) is 0 Å². The molecule has 4 rings (SSSR count). The van der Waals surface area contributed by atoms with Crippen LogP contribution in [0.2, 0.25) is 0 Å². The van der Waals surface area contributed by atoms with Gasteiger partial charge in [0.25, 0.3) is 5.91 Å². The highest BCUT2D eigenvalue weighted by Crippen LogP contribution is 2.44. The van der Waals surface area contributed by atoms with Crippen molar-refractivity contribution in [2.75, 3.05) is 37.7 Å². The van der Waals surface area contributed by atoms with E-state index in [1.54, 1.807) is 29.9 Å². The predicted molar refractivity (Wildman–Crippen MR) is 98.6 cm³/mol. The van der Waals surface area contributed by atoms with Crippen LogP contribution < -0.4 is 10.2 Å². The number of aromatic nitrogens is 2. The van der Waals surface area contributed by atoms with Crippen molar-refractivity contribution in [3.63, 3.8) is 0 Å². The highest BCUT2D eigenvalue weighted by molar-refractivity contribution is 7.14. The number of hydrogen-bond donors (Lipinski definition) is 2. The van der Waals surface area contributed by atoms with Gasteiger partial charge >= 0.3 is 0 Å². The lowest BCUT2D eigenvalue weighted by Gasteiger charge is -2.44. The molecule has 26 heavy (non-hydrogen) atoms. The molecule has 0 aromatic carbocycles. The van der Waals surface area contributed by atoms with E-state index in [0.717, 1.165) is 38.2 Å². The Morgan fingerprint density at radius 2 is 2.23 bits per heavy atom. The maximum Gasteiger partial charge on any atom is 0.261 e. The van der Waals surface area contributed by atoms with Crippen molar-refractivity contribution < 1.29 is 14.6 Å². The van der Waals surface area contributed by atoms with Gasteiger partial charge in [-0.1, -0.05) is 0 Å². The average Bonchev–Trinajstić information content (AvgIpc) is 3.14. The van der Waals surface area contributed by atoms with Gasteiger partial charge in [-0.3, -0.25) is 9.78 Å². The zero-order valence-corrected chi connectivity index (χ0v) is 15.3. The summed E-state index contributed by atoms with van der Waals surface area (Å²) in [5, 5.41) is 11.6. The molecule has 0 saturated carbocycles. The van der Waals surface area contributed by atoms with Crippen LogP contribution in [0.3, 0.4) is 0 Å². The molecule has 138 valence electrons. The Bertz CT molecular complexity index is 772. The molecule has 2 aliphatic heterocycles. The fourth-order valence-electron chi connectivity index (χ4n) is 3.75. The third-order valence-electron chi connectivity index (χ3n) is 5.07. The Morgan fingerprint density at radius 3 is 2.96 bits per heavy atom. The molecular weight excluding hydrogens is 352 g/mol. The van der Waals surface area contributed by atoms with Crippen molar-refractivity contribution in [2.45, 2.75) is 24.9 Å². The second kappa shape index (κ2) is 7.30. The third kappa shape index (κ3) is 3.20. The summed E-state index contributed by atoms with van der Waals surface area (Å²) in [7, 11) is 0. The Balaban J connectivity index is 1.53. The molecule has 1 amide bonds. The van der Waals surface area contributed by atoms with E-state index in [2.05, 4.69) is 20.2 Å². The maximum absolute atomic E-state index is 12.3. The number of amides is 1. The number of rotatable bonds is 4. The van der Waals surface area contributed by atoms with Crippen LogP contribution in [0.4, 0.5) is 5.82 Å². The molecule has 2 aliphatic rings. The van der Waals surface area contributed by atoms with E-state index in [0.29, 0.717) is 11.5 Å². The number of nitrogens with one attached hydrogen (secondary N) is 1. The lowest BCUT2D eigenvalue weighted by Crippen LogP contribution is -2.46. The summed E-state index contributed by atoms with van der Waals surface area (Å²) in [5.74, 6) is 0.776. The molecule has 2 aromatic rings. The van der Waals surface area contributed by atoms with E-state index in [4.69, 9.17) is 9.84 Å². The number of aliphatic hydroxyl groups is 1. The van der Waals surface area contributed by atoms with E-state index < -0.39 is 0 Å². The van der Waals surface area contributed by atoms with Crippen molar-refractivity contribution >= 4 is 23.1 Å². The topological polar surface area (TPSA) is 87.6 Å². The van der Waals surface area contributed by atoms with Crippen LogP contribution in [0.15, 0.2) is 24.7 Å². The van der Waals surface area contributed by atoms with Crippen LogP contribution >= 0.6 is 11.3 Å². The van der Waals surface area contributed by atoms with Crippen LogP contribution in [-0.4, -0.2) is 53.8 Å². The van der Waals surface area contributed by atoms with Crippen LogP contribution in [0.1, 0.15) is 33.0 Å². The first-order valence-electron chi connectivity index (χ1n) is 8.89. The number of fused-ring (bicyclic) bond motifs is 2. The average molecular weight is 374 g/mol. The molecule has 1 spiro atoms. The molecule has 0 unspecified atom stereocenters. The zero-order valence-electron chi connectivity index (χ0n) is 14.5. The van der Waals surface area contributed by atoms with Crippen LogP contribution in [0, 0.1) is 0 Å². The summed E-state index contributed by atoms with van der Waals surface area (Å²) < 4.78 is 6.26. The third-order valence-corrected chi connectivity index (χ3v) is 6.27. The van der Waals surface area contributed by atoms with Gasteiger partial charge in [-0.15, -0.1) is 11.3 Å². The normalized spacial score (nSPS) is 18.6. The number of carbonyl (C=O) groups excluding carboxylic acids is 1. The second-order valence-electron chi connectivity index (χ2n) is 6.57. The van der Waals surface area contributed by atoms with Gasteiger partial charge in [-0.25, -0.2) is 4.98 Å². The fraction of sp³-hybridized carbons (Fsp3) is 0.500. The van der Waals surface area contributed by atoms with Gasteiger partial charge in [0.1, 0.15) is 5.82 Å². The van der Waals surface area contributed by atoms with Crippen LogP contribution in [-0.2, 0) is 16.8 Å². The first kappa shape index (κ1) is 17.4. The van der Waals surface area contributed by atoms with Gasteiger partial charge in [0.2, 0.25) is 0 Å². The Hall–Kier alpha value is -2.03. The first-order valence-corrected chi connectivity index (χ1v) is 9.71. The van der Waals surface area contributed by atoms with Crippen molar-refractivity contribution in [1.82, 2.24) is 15.3 Å². The number of piperidine rings is 1. The van der Waals surface area contributed by atoms with Gasteiger partial charge in [0, 0.05) is 43.3 Å². The standard InChI is InChI=1S/C18H22N4O3S/c23-9-6-21-17(24)15-11-13-14(26-15)1-10-25-18(13)2-7-22(8-3-18)16-12-19-4-5-20-16/h4-5,11-12,23H,1-3,6-10H2,(H,21,24). The minimum absolute atomic E-state index is 0.0535. The van der Waals surface area contributed by atoms with E-state index in [9.17, 15) is 4.79 Å². The van der Waals surface area contributed by atoms with E-state index in [1.165, 1.54) is 10.4 Å². The fourth-order valence-corrected chi connectivity index (χ4v) is 4.90. The number of carbonyl (C=O) groups is 1. The van der Waals surface area contributed by atoms with Crippen LogP contribution in [0.5, 0.6) is 0 Å². The zero-order chi connectivity index (χ0) is 18.0. The van der Waals surface area contributed by atoms with Crippen molar-refractivity contribution in [3.05, 3.63) is 40.0 Å². The Kier molecular flexibility index (Phi) is 4.88. The number of thiophene rings is 1. The molecule has 8 heteroatoms. The lowest BCUT2D eigenvalue weighted by molar-refractivity contribution is -0.0757. The lowest BCUT2D eigenvalue weighted by atomic mass is 9.82. The monoisotopic (exact) mass is 374 g/mol. The second-order valence-corrected chi connectivity index (χ2v) is 7.71. The molecule has 0 aliphatic carbocycles. The maximum atomic E-state index is 12.3. The van der Waals surface area contributed by atoms with E-state index >= 15 is 0 Å². The molecule has 0 atom stereocenters. The molecule has 2 N–H and O–H groups in total. The molecule has 0 bridgehead atoms. The molecular formula is C18H22N4O3S. The summed E-state index contributed by atoms with van der Waals surface area (Å²) in [6, 6.07) is 1.99. The summed E-state index contributed by atoms with van der Waals surface area (Å²) in [5.41, 5.74) is 0.861. The highest BCUT2D eigenvalue weighted by atomic mass is 32.1. The van der Waals surface area contributed by atoms with Crippen molar-refractivity contribution in [3.8, 4) is 0 Å². The van der Waals surface area contributed by atoms with E-state index in [-0.39, 0.29) is 24.7 Å². The summed E-state index contributed by atoms with van der Waals surface area (Å²) in [6.07, 6.45) is 7.77. The minimum Gasteiger partial charge on any atom is -0.395 e. The SMILES string of the molecule is O=C(NCCO)c1cc2c(s1)CCOC21CCN(c2cnccn2)CC1. The summed E-state index contributed by atoms with van der Waals surface area (Å²) in [4.78, 5) is 25.0. The number of ether oxygens (including phenoxy) is 1. The molecule has 7 nitrogen and oxygen atoms in total. The van der Waals surface area contributed by atoms with Gasteiger partial charge in [-0.2, -0.15) is 0 Å². The Labute approximate surface area is 156 Å². The number of aliphatic hydroxyl groups excluding tert-OH is 1. The molecule has 2 aromatic heterocycles. The molecule has 1 fully saturated rings. The molecule has 0 radical (unpaired) electrons. The number of anilines is 1. The quantitative estimate of drug-likeness (QED) is 0.840. The Morgan fingerprint density at radius 1 is 1.38 bits per heavy atom. The molecule has 4 heterocycles. The smallest absolute Gasteiger partial charge is 0.261 e. The highest BCUT2D eigenvalue weighted by Gasteiger charge is 2.42. The van der Waals surface area contributed by atoms with E-state index in [1.807, 2.05) is 6.07 Å². The van der Waals surface area contributed by atoms with Crippen molar-refractivity contribution in [1.29, 1.82) is 0 Å². The number of hydrogen-bond acceptors (Lipinski definition) is 7. The largest absolute Gasteiger partial charge is 0.395 e. The van der Waals surface area contributed by atoms with Gasteiger partial charge in [-0.05, 0) is 24.5 Å². The van der Waals surface area contributed by atoms with Gasteiger partial charge in [0.15, 0.2) is 0 Å². The van der Waals surface area contributed by atoms with Crippen molar-refractivity contribution in [2.24, 2.45) is 0 Å². The van der Waals surface area contributed by atoms with Gasteiger partial charge < -0.3 is 20.1 Å². The summed E-state index contributed by atoms with van der Waals surface area (Å²) in [6.45, 7) is 2.61. The predicted octanol–water partition coefficient (Wildman–Crippen LogP) is 1.33. The number of nitrogens with zero attached hydrogens (tertiary/aromatic N) is 3. The van der Waals surface area contributed by atoms with Gasteiger partial charge in [0.05, 0.1) is 29.9 Å².